The zero-order valence-corrected chi connectivity index (χ0v) is 21.2. The van der Waals surface area contributed by atoms with Crippen LogP contribution < -0.4 is 4.90 Å². The van der Waals surface area contributed by atoms with Crippen molar-refractivity contribution in [2.24, 2.45) is 0 Å². The molecule has 1 atom stereocenters. The molecule has 0 saturated heterocycles. The average Bonchev–Trinajstić information content (AvgIpc) is 3.66. The number of amides is 1. The van der Waals surface area contributed by atoms with Crippen LogP contribution in [0.5, 0.6) is 0 Å². The predicted molar refractivity (Wildman–Crippen MR) is 147 cm³/mol. The Bertz CT molecular complexity index is 1930. The van der Waals surface area contributed by atoms with E-state index in [0.29, 0.717) is 38.1 Å². The lowest BCUT2D eigenvalue weighted by Gasteiger charge is -2.26. The van der Waals surface area contributed by atoms with E-state index >= 15 is 0 Å². The van der Waals surface area contributed by atoms with Crippen LogP contribution in [-0.2, 0) is 4.79 Å². The first-order chi connectivity index (χ1) is 19.8. The highest BCUT2D eigenvalue weighted by atomic mass is 19.4. The molecule has 1 amide bonds. The number of halogens is 3. The van der Waals surface area contributed by atoms with E-state index in [1.807, 2.05) is 6.07 Å². The predicted octanol–water partition coefficient (Wildman–Crippen LogP) is 6.70. The molecule has 11 heteroatoms. The number of aromatic nitrogens is 5. The number of hydrogen-bond acceptors (Lipinski definition) is 5. The summed E-state index contributed by atoms with van der Waals surface area (Å²) in [5, 5.41) is 16.1. The molecule has 1 unspecified atom stereocenters. The second-order valence-corrected chi connectivity index (χ2v) is 9.28. The molecule has 6 rings (SSSR count). The number of carbonyl (C=O) groups is 1. The summed E-state index contributed by atoms with van der Waals surface area (Å²) >= 11 is 0. The molecule has 0 saturated carbocycles. The van der Waals surface area contributed by atoms with Gasteiger partial charge in [-0.1, -0.05) is 48.5 Å². The zero-order chi connectivity index (χ0) is 28.6. The van der Waals surface area contributed by atoms with Gasteiger partial charge >= 0.3 is 12.1 Å². The fourth-order valence-electron chi connectivity index (χ4n) is 4.95. The molecule has 0 spiro atoms. The number of carbonyl (C=O) groups excluding carboxylic acids is 1. The van der Waals surface area contributed by atoms with Crippen molar-refractivity contribution in [1.29, 1.82) is 5.26 Å². The first-order valence-corrected chi connectivity index (χ1v) is 12.5. The van der Waals surface area contributed by atoms with Gasteiger partial charge in [0.2, 0.25) is 0 Å². The highest BCUT2D eigenvalue weighted by Gasteiger charge is 2.44. The molecular formula is C30H20F3N7O. The molecule has 0 bridgehead atoms. The summed E-state index contributed by atoms with van der Waals surface area (Å²) in [5.41, 5.74) is 2.60. The van der Waals surface area contributed by atoms with Crippen molar-refractivity contribution in [2.45, 2.75) is 18.6 Å². The van der Waals surface area contributed by atoms with Crippen molar-refractivity contribution in [3.8, 4) is 17.3 Å². The maximum absolute atomic E-state index is 13.9. The molecule has 3 aromatic heterocycles. The number of anilines is 2. The van der Waals surface area contributed by atoms with Gasteiger partial charge in [0.15, 0.2) is 0 Å². The standard InChI is InChI=1S/C30H20F3N7O/c31-30(32,33)29(41)40(26-10-4-6-19-5-1-2-9-23(19)26)22-8-3-7-20(15-22)25(11-13-34)39-17-21(16-38-39)27-24-12-14-35-28(24)37-18-36-27/h1-10,12,14-18,25H,11H2,(H,35,36,37). The van der Waals surface area contributed by atoms with Gasteiger partial charge in [-0.25, -0.2) is 9.97 Å². The topological polar surface area (TPSA) is 103 Å². The summed E-state index contributed by atoms with van der Waals surface area (Å²) in [6, 6.07) is 21.3. The fraction of sp³-hybridized carbons (Fsp3) is 0.100. The van der Waals surface area contributed by atoms with E-state index in [0.717, 1.165) is 5.39 Å². The minimum Gasteiger partial charge on any atom is -0.346 e. The Labute approximate surface area is 231 Å². The number of nitrogens with one attached hydrogen (secondary N) is 1. The number of H-pyrrole nitrogens is 1. The van der Waals surface area contributed by atoms with Crippen LogP contribution in [0.4, 0.5) is 24.5 Å². The highest BCUT2D eigenvalue weighted by Crippen LogP contribution is 2.37. The third kappa shape index (κ3) is 4.76. The van der Waals surface area contributed by atoms with Crippen LogP contribution >= 0.6 is 0 Å². The van der Waals surface area contributed by atoms with Crippen molar-refractivity contribution >= 4 is 39.1 Å². The molecule has 8 nitrogen and oxygen atoms in total. The van der Waals surface area contributed by atoms with Crippen LogP contribution in [0.3, 0.4) is 0 Å². The number of alkyl halides is 3. The lowest BCUT2D eigenvalue weighted by atomic mass is 10.0. The summed E-state index contributed by atoms with van der Waals surface area (Å²) < 4.78 is 43.3. The number of fused-ring (bicyclic) bond motifs is 2. The van der Waals surface area contributed by atoms with E-state index in [1.54, 1.807) is 71.8 Å². The van der Waals surface area contributed by atoms with Crippen LogP contribution in [0.2, 0.25) is 0 Å². The van der Waals surface area contributed by atoms with Crippen molar-refractivity contribution in [3.63, 3.8) is 0 Å². The molecule has 3 aromatic carbocycles. The van der Waals surface area contributed by atoms with E-state index in [2.05, 4.69) is 26.1 Å². The van der Waals surface area contributed by atoms with Crippen molar-refractivity contribution in [1.82, 2.24) is 24.7 Å². The van der Waals surface area contributed by atoms with E-state index in [-0.39, 0.29) is 17.8 Å². The molecule has 1 N–H and O–H groups in total. The molecule has 202 valence electrons. The maximum atomic E-state index is 13.9. The third-order valence-corrected chi connectivity index (χ3v) is 6.80. The molecular weight excluding hydrogens is 531 g/mol. The Hall–Kier alpha value is -5.50. The highest BCUT2D eigenvalue weighted by molar-refractivity contribution is 6.10. The molecule has 0 aliphatic carbocycles. The molecule has 0 aliphatic rings. The summed E-state index contributed by atoms with van der Waals surface area (Å²) in [4.78, 5) is 25.1. The molecule has 0 fully saturated rings. The smallest absolute Gasteiger partial charge is 0.346 e. The van der Waals surface area contributed by atoms with Gasteiger partial charge in [-0.3, -0.25) is 14.4 Å². The van der Waals surface area contributed by atoms with Crippen molar-refractivity contribution in [2.75, 3.05) is 4.90 Å². The Kier molecular flexibility index (Phi) is 6.43. The largest absolute Gasteiger partial charge is 0.472 e. The van der Waals surface area contributed by atoms with Gasteiger partial charge in [-0.05, 0) is 35.2 Å². The first-order valence-electron chi connectivity index (χ1n) is 12.5. The second kappa shape index (κ2) is 10.2. The van der Waals surface area contributed by atoms with Crippen molar-refractivity contribution < 1.29 is 18.0 Å². The molecule has 0 radical (unpaired) electrons. The van der Waals surface area contributed by atoms with E-state index < -0.39 is 18.1 Å². The summed E-state index contributed by atoms with van der Waals surface area (Å²) in [6.07, 6.45) is 1.38. The average molecular weight is 552 g/mol. The fourth-order valence-corrected chi connectivity index (χ4v) is 4.95. The van der Waals surface area contributed by atoms with Crippen LogP contribution in [0.15, 0.2) is 97.7 Å². The third-order valence-electron chi connectivity index (χ3n) is 6.80. The number of benzene rings is 3. The van der Waals surface area contributed by atoms with E-state index in [4.69, 9.17) is 0 Å². The molecule has 6 aromatic rings. The lowest BCUT2D eigenvalue weighted by molar-refractivity contribution is -0.169. The van der Waals surface area contributed by atoms with Gasteiger partial charge in [-0.15, -0.1) is 0 Å². The first kappa shape index (κ1) is 25.8. The molecule has 0 aliphatic heterocycles. The number of aromatic amines is 1. The van der Waals surface area contributed by atoms with Crippen molar-refractivity contribution in [3.05, 3.63) is 103 Å². The number of hydrogen-bond donors (Lipinski definition) is 1. The molecule has 3 heterocycles. The van der Waals surface area contributed by atoms with E-state index in [1.165, 1.54) is 24.5 Å². The number of nitriles is 1. The second-order valence-electron chi connectivity index (χ2n) is 9.28. The minimum absolute atomic E-state index is 0.0151. The Balaban J connectivity index is 1.44. The van der Waals surface area contributed by atoms with Gasteiger partial charge in [0.05, 0.1) is 36.1 Å². The van der Waals surface area contributed by atoms with Crippen LogP contribution in [0, 0.1) is 11.3 Å². The Morgan fingerprint density at radius 1 is 1.02 bits per heavy atom. The summed E-state index contributed by atoms with van der Waals surface area (Å²) in [7, 11) is 0. The quantitative estimate of drug-likeness (QED) is 0.248. The van der Waals surface area contributed by atoms with Gasteiger partial charge in [0.1, 0.15) is 12.0 Å². The van der Waals surface area contributed by atoms with Gasteiger partial charge < -0.3 is 4.98 Å². The molecule has 41 heavy (non-hydrogen) atoms. The Morgan fingerprint density at radius 3 is 2.66 bits per heavy atom. The summed E-state index contributed by atoms with van der Waals surface area (Å²) in [5.74, 6) is -2.02. The number of nitrogens with zero attached hydrogens (tertiary/aromatic N) is 6. The Morgan fingerprint density at radius 2 is 1.83 bits per heavy atom. The zero-order valence-electron chi connectivity index (χ0n) is 21.2. The van der Waals surface area contributed by atoms with Crippen LogP contribution in [0.1, 0.15) is 18.0 Å². The monoisotopic (exact) mass is 551 g/mol. The minimum atomic E-state index is -5.13. The maximum Gasteiger partial charge on any atom is 0.472 e. The lowest BCUT2D eigenvalue weighted by Crippen LogP contribution is -2.38. The SMILES string of the molecule is N#CCC(c1cccc(N(C(=O)C(F)(F)F)c2cccc3ccccc23)c1)n1cc(-c2ncnc3[nH]ccc23)cn1. The van der Waals surface area contributed by atoms with E-state index in [9.17, 15) is 23.2 Å². The normalized spacial score (nSPS) is 12.3. The van der Waals surface area contributed by atoms with Gasteiger partial charge in [0, 0.05) is 34.4 Å². The van der Waals surface area contributed by atoms with Crippen LogP contribution in [-0.4, -0.2) is 36.8 Å². The summed E-state index contributed by atoms with van der Waals surface area (Å²) in [6.45, 7) is 0. The van der Waals surface area contributed by atoms with Gasteiger partial charge in [0.25, 0.3) is 0 Å². The van der Waals surface area contributed by atoms with Crippen LogP contribution in [0.25, 0.3) is 33.1 Å². The number of rotatable bonds is 6. The van der Waals surface area contributed by atoms with Gasteiger partial charge in [-0.2, -0.15) is 23.5 Å².